The zero-order chi connectivity index (χ0) is 16.2. The molecule has 0 saturated carbocycles. The molecule has 1 aromatic carbocycles. The maximum Gasteiger partial charge on any atom is 0.257 e. The molecule has 0 spiro atoms. The summed E-state index contributed by atoms with van der Waals surface area (Å²) in [6.45, 7) is 2.05. The maximum absolute atomic E-state index is 12.2. The predicted molar refractivity (Wildman–Crippen MR) is 86.8 cm³/mol. The monoisotopic (exact) mass is 339 g/mol. The Hall–Kier alpha value is -1.80. The average Bonchev–Trinajstić information content (AvgIpc) is 2.85. The summed E-state index contributed by atoms with van der Waals surface area (Å²) >= 11 is 1.34. The normalized spacial score (nSPS) is 11.4. The molecule has 2 rings (SSSR count). The first-order valence-corrected chi connectivity index (χ1v) is 9.65. The zero-order valence-corrected chi connectivity index (χ0v) is 14.0. The van der Waals surface area contributed by atoms with Gasteiger partial charge in [-0.1, -0.05) is 30.4 Å². The largest absolute Gasteiger partial charge is 0.296 e. The van der Waals surface area contributed by atoms with E-state index in [2.05, 4.69) is 15.5 Å². The highest BCUT2D eigenvalue weighted by atomic mass is 32.2. The summed E-state index contributed by atoms with van der Waals surface area (Å²) < 4.78 is 22.6. The van der Waals surface area contributed by atoms with Crippen LogP contribution in [0.25, 0.3) is 0 Å². The Labute approximate surface area is 133 Å². The van der Waals surface area contributed by atoms with Gasteiger partial charge in [0.05, 0.1) is 5.75 Å². The van der Waals surface area contributed by atoms with Crippen LogP contribution in [0.4, 0.5) is 5.13 Å². The van der Waals surface area contributed by atoms with Crippen LogP contribution in [0, 0.1) is 0 Å². The van der Waals surface area contributed by atoms with Crippen LogP contribution in [0.2, 0.25) is 0 Å². The SMILES string of the molecule is CCCc1nnc(NC(=O)c2cccc(CS(C)(=O)=O)c2)s1. The first-order valence-electron chi connectivity index (χ1n) is 6.78. The molecule has 0 saturated heterocycles. The molecule has 0 aliphatic heterocycles. The van der Waals surface area contributed by atoms with Gasteiger partial charge >= 0.3 is 0 Å². The first-order chi connectivity index (χ1) is 10.4. The van der Waals surface area contributed by atoms with E-state index in [0.29, 0.717) is 16.3 Å². The molecule has 0 unspecified atom stereocenters. The highest BCUT2D eigenvalue weighted by Gasteiger charge is 2.12. The molecule has 118 valence electrons. The van der Waals surface area contributed by atoms with E-state index in [4.69, 9.17) is 0 Å². The van der Waals surface area contributed by atoms with Crippen molar-refractivity contribution in [2.75, 3.05) is 11.6 Å². The number of carbonyl (C=O) groups excluding carboxylic acids is 1. The second-order valence-electron chi connectivity index (χ2n) is 4.98. The molecular weight excluding hydrogens is 322 g/mol. The fourth-order valence-electron chi connectivity index (χ4n) is 1.89. The minimum absolute atomic E-state index is 0.0897. The van der Waals surface area contributed by atoms with Gasteiger partial charge in [-0.2, -0.15) is 0 Å². The molecule has 0 aliphatic carbocycles. The standard InChI is InChI=1S/C14H17N3O3S2/c1-3-5-12-16-17-14(21-12)15-13(18)11-7-4-6-10(8-11)9-22(2,19)20/h4,6-8H,3,5,9H2,1-2H3,(H,15,17,18). The smallest absolute Gasteiger partial charge is 0.257 e. The van der Waals surface area contributed by atoms with Crippen LogP contribution >= 0.6 is 11.3 Å². The molecule has 1 amide bonds. The molecule has 22 heavy (non-hydrogen) atoms. The molecule has 1 N–H and O–H groups in total. The second-order valence-corrected chi connectivity index (χ2v) is 8.18. The van der Waals surface area contributed by atoms with Crippen molar-refractivity contribution >= 4 is 32.2 Å². The van der Waals surface area contributed by atoms with E-state index in [0.717, 1.165) is 24.1 Å². The van der Waals surface area contributed by atoms with Crippen molar-refractivity contribution < 1.29 is 13.2 Å². The Morgan fingerprint density at radius 2 is 2.09 bits per heavy atom. The molecule has 0 aliphatic rings. The predicted octanol–water partition coefficient (Wildman–Crippen LogP) is 2.29. The van der Waals surface area contributed by atoms with Crippen LogP contribution in [0.1, 0.15) is 34.3 Å². The number of nitrogens with zero attached hydrogens (tertiary/aromatic N) is 2. The van der Waals surface area contributed by atoms with Gasteiger partial charge in [0.25, 0.3) is 5.91 Å². The van der Waals surface area contributed by atoms with Gasteiger partial charge in [0, 0.05) is 18.2 Å². The van der Waals surface area contributed by atoms with Gasteiger partial charge in [0.1, 0.15) is 5.01 Å². The van der Waals surface area contributed by atoms with Crippen molar-refractivity contribution in [3.05, 3.63) is 40.4 Å². The van der Waals surface area contributed by atoms with Crippen molar-refractivity contribution in [3.8, 4) is 0 Å². The number of rotatable bonds is 6. The average molecular weight is 339 g/mol. The number of hydrogen-bond donors (Lipinski definition) is 1. The number of amides is 1. The van der Waals surface area contributed by atoms with E-state index in [1.807, 2.05) is 6.92 Å². The minimum atomic E-state index is -3.13. The number of benzene rings is 1. The number of anilines is 1. The molecule has 1 aromatic heterocycles. The molecule has 2 aromatic rings. The number of hydrogen-bond acceptors (Lipinski definition) is 6. The highest BCUT2D eigenvalue weighted by molar-refractivity contribution is 7.89. The lowest BCUT2D eigenvalue weighted by molar-refractivity contribution is 0.102. The highest BCUT2D eigenvalue weighted by Crippen LogP contribution is 2.18. The third kappa shape index (κ3) is 4.88. The Morgan fingerprint density at radius 1 is 1.32 bits per heavy atom. The van der Waals surface area contributed by atoms with E-state index in [1.165, 1.54) is 11.3 Å². The summed E-state index contributed by atoms with van der Waals surface area (Å²) in [7, 11) is -3.13. The van der Waals surface area contributed by atoms with Crippen molar-refractivity contribution in [1.82, 2.24) is 10.2 Å². The topological polar surface area (TPSA) is 89.0 Å². The van der Waals surface area contributed by atoms with Gasteiger partial charge < -0.3 is 0 Å². The van der Waals surface area contributed by atoms with Gasteiger partial charge in [0.2, 0.25) is 5.13 Å². The molecule has 0 atom stereocenters. The maximum atomic E-state index is 12.2. The van der Waals surface area contributed by atoms with Gasteiger partial charge in [-0.05, 0) is 24.1 Å². The van der Waals surface area contributed by atoms with Crippen LogP contribution < -0.4 is 5.32 Å². The number of nitrogens with one attached hydrogen (secondary N) is 1. The zero-order valence-electron chi connectivity index (χ0n) is 12.4. The van der Waals surface area contributed by atoms with Crippen molar-refractivity contribution in [3.63, 3.8) is 0 Å². The molecule has 0 fully saturated rings. The van der Waals surface area contributed by atoms with Crippen LogP contribution in [0.5, 0.6) is 0 Å². The fraction of sp³-hybridized carbons (Fsp3) is 0.357. The van der Waals surface area contributed by atoms with Gasteiger partial charge in [0.15, 0.2) is 9.84 Å². The van der Waals surface area contributed by atoms with E-state index in [9.17, 15) is 13.2 Å². The number of carbonyl (C=O) groups is 1. The number of sulfone groups is 1. The van der Waals surface area contributed by atoms with Crippen molar-refractivity contribution in [1.29, 1.82) is 0 Å². The molecule has 8 heteroatoms. The summed E-state index contributed by atoms with van der Waals surface area (Å²) in [6, 6.07) is 6.56. The number of aryl methyl sites for hydroxylation is 1. The Kier molecular flexibility index (Phi) is 5.25. The fourth-order valence-corrected chi connectivity index (χ4v) is 3.51. The van der Waals surface area contributed by atoms with Crippen LogP contribution in [-0.2, 0) is 22.0 Å². The summed E-state index contributed by atoms with van der Waals surface area (Å²) in [5.74, 6) is -0.414. The molecule has 6 nitrogen and oxygen atoms in total. The molecule has 0 radical (unpaired) electrons. The van der Waals surface area contributed by atoms with E-state index < -0.39 is 9.84 Å². The summed E-state index contributed by atoms with van der Waals surface area (Å²) in [5.41, 5.74) is 0.979. The lowest BCUT2D eigenvalue weighted by Gasteiger charge is -2.04. The third-order valence-corrected chi connectivity index (χ3v) is 4.53. The lowest BCUT2D eigenvalue weighted by Crippen LogP contribution is -2.12. The Balaban J connectivity index is 2.10. The molecule has 0 bridgehead atoms. The summed E-state index contributed by atoms with van der Waals surface area (Å²) in [4.78, 5) is 12.2. The van der Waals surface area contributed by atoms with Gasteiger partial charge in [-0.3, -0.25) is 10.1 Å². The molecular formula is C14H17N3O3S2. The summed E-state index contributed by atoms with van der Waals surface area (Å²) in [5, 5.41) is 11.9. The Bertz CT molecular complexity index is 769. The third-order valence-electron chi connectivity index (χ3n) is 2.77. The Morgan fingerprint density at radius 3 is 2.77 bits per heavy atom. The van der Waals surface area contributed by atoms with Crippen LogP contribution in [0.3, 0.4) is 0 Å². The van der Waals surface area contributed by atoms with E-state index >= 15 is 0 Å². The second kappa shape index (κ2) is 6.97. The van der Waals surface area contributed by atoms with Gasteiger partial charge in [-0.15, -0.1) is 10.2 Å². The minimum Gasteiger partial charge on any atom is -0.296 e. The van der Waals surface area contributed by atoms with E-state index in [-0.39, 0.29) is 11.7 Å². The number of aromatic nitrogens is 2. The molecule has 1 heterocycles. The quantitative estimate of drug-likeness (QED) is 0.872. The van der Waals surface area contributed by atoms with Crippen molar-refractivity contribution in [2.45, 2.75) is 25.5 Å². The first kappa shape index (κ1) is 16.6. The summed E-state index contributed by atoms with van der Waals surface area (Å²) in [6.07, 6.45) is 2.96. The lowest BCUT2D eigenvalue weighted by atomic mass is 10.1. The van der Waals surface area contributed by atoms with E-state index in [1.54, 1.807) is 24.3 Å². The van der Waals surface area contributed by atoms with Crippen LogP contribution in [0.15, 0.2) is 24.3 Å². The van der Waals surface area contributed by atoms with Gasteiger partial charge in [-0.25, -0.2) is 8.42 Å². The van der Waals surface area contributed by atoms with Crippen LogP contribution in [-0.4, -0.2) is 30.8 Å². The van der Waals surface area contributed by atoms with Crippen molar-refractivity contribution in [2.24, 2.45) is 0 Å².